The van der Waals surface area contributed by atoms with E-state index in [2.05, 4.69) is 146 Å². The quantitative estimate of drug-likeness (QED) is 0.182. The first-order chi connectivity index (χ1) is 21.8. The summed E-state index contributed by atoms with van der Waals surface area (Å²) in [5.41, 5.74) is 6.85. The fourth-order valence-electron chi connectivity index (χ4n) is 7.03. The largest absolute Gasteiger partial charge is 0.488 e. The number of rotatable bonds is 0. The molecule has 0 radical (unpaired) electrons. The molecule has 0 aromatic heterocycles. The lowest BCUT2D eigenvalue weighted by atomic mass is 9.87. The Morgan fingerprint density at radius 3 is 1.00 bits per heavy atom. The lowest BCUT2D eigenvalue weighted by Crippen LogP contribution is -2.06. The zero-order valence-electron chi connectivity index (χ0n) is 24.1. The normalized spacial score (nSPS) is 12.7. The van der Waals surface area contributed by atoms with Crippen LogP contribution in [0.15, 0.2) is 146 Å². The Bertz CT molecular complexity index is 2060. The van der Waals surface area contributed by atoms with E-state index in [0.717, 1.165) is 44.5 Å². The summed E-state index contributed by atoms with van der Waals surface area (Å²) in [6, 6.07) is 51.9. The van der Waals surface area contributed by atoms with Crippen LogP contribution in [0.3, 0.4) is 0 Å². The van der Waals surface area contributed by atoms with Gasteiger partial charge in [0.15, 0.2) is 0 Å². The van der Waals surface area contributed by atoms with E-state index in [0.29, 0.717) is 13.2 Å². The molecule has 8 aromatic carbocycles. The predicted molar refractivity (Wildman–Crippen MR) is 182 cm³/mol. The summed E-state index contributed by atoms with van der Waals surface area (Å²) < 4.78 is 13.8. The van der Waals surface area contributed by atoms with E-state index in [-0.39, 0.29) is 0 Å². The van der Waals surface area contributed by atoms with Crippen molar-refractivity contribution in [1.82, 2.24) is 0 Å². The second-order valence-corrected chi connectivity index (χ2v) is 11.5. The van der Waals surface area contributed by atoms with Crippen molar-refractivity contribution in [2.24, 2.45) is 0 Å². The van der Waals surface area contributed by atoms with Crippen LogP contribution in [0.25, 0.3) is 65.3 Å². The minimum atomic E-state index is 0.440. The van der Waals surface area contributed by atoms with Gasteiger partial charge in [-0.25, -0.2) is 0 Å². The molecule has 0 atom stereocenters. The van der Waals surface area contributed by atoms with Crippen LogP contribution in [0.2, 0.25) is 0 Å². The van der Waals surface area contributed by atoms with Crippen molar-refractivity contribution >= 4 is 43.1 Å². The Kier molecular flexibility index (Phi) is 5.67. The molecule has 8 aromatic rings. The van der Waals surface area contributed by atoms with Gasteiger partial charge in [0, 0.05) is 11.1 Å². The zero-order valence-corrected chi connectivity index (χ0v) is 24.1. The molecule has 0 fully saturated rings. The van der Waals surface area contributed by atoms with Gasteiger partial charge < -0.3 is 9.47 Å². The summed E-state index contributed by atoms with van der Waals surface area (Å²) in [6.45, 7) is 0.879. The molecule has 0 bridgehead atoms. The van der Waals surface area contributed by atoms with E-state index in [1.807, 2.05) is 0 Å². The molecule has 0 saturated carbocycles. The van der Waals surface area contributed by atoms with E-state index >= 15 is 0 Å². The maximum absolute atomic E-state index is 6.92. The molecule has 2 heteroatoms. The molecule has 1 heterocycles. The molecule has 44 heavy (non-hydrogen) atoms. The fraction of sp³-hybridized carbons (Fsp3) is 0.0476. The molecule has 2 nitrogen and oxygen atoms in total. The molecule has 208 valence electrons. The van der Waals surface area contributed by atoms with Gasteiger partial charge in [-0.2, -0.15) is 0 Å². The summed E-state index contributed by atoms with van der Waals surface area (Å²) in [7, 11) is 0. The van der Waals surface area contributed by atoms with E-state index in [1.165, 1.54) is 43.4 Å². The first-order valence-corrected chi connectivity index (χ1v) is 15.1. The van der Waals surface area contributed by atoms with Crippen LogP contribution in [0, 0.1) is 0 Å². The fourth-order valence-corrected chi connectivity index (χ4v) is 7.03. The van der Waals surface area contributed by atoms with E-state index in [4.69, 9.17) is 9.47 Å². The molecule has 1 aliphatic rings. The molecular weight excluding hydrogens is 536 g/mol. The summed E-state index contributed by atoms with van der Waals surface area (Å²) in [4.78, 5) is 0. The molecular formula is C42H28O2. The van der Waals surface area contributed by atoms with Crippen LogP contribution in [-0.4, -0.2) is 0 Å². The summed E-state index contributed by atoms with van der Waals surface area (Å²) in [5.74, 6) is 1.70. The first kappa shape index (κ1) is 24.9. The predicted octanol–water partition coefficient (Wildman–Crippen LogP) is 11.1. The minimum Gasteiger partial charge on any atom is -0.488 e. The van der Waals surface area contributed by atoms with Crippen LogP contribution in [-0.2, 0) is 13.2 Å². The summed E-state index contributed by atoms with van der Waals surface area (Å²) in [5, 5.41) is 9.49. The maximum Gasteiger partial charge on any atom is 0.128 e. The molecule has 0 amide bonds. The zero-order chi connectivity index (χ0) is 29.0. The van der Waals surface area contributed by atoms with Gasteiger partial charge in [0.2, 0.25) is 0 Å². The summed E-state index contributed by atoms with van der Waals surface area (Å²) >= 11 is 0. The van der Waals surface area contributed by atoms with E-state index in [9.17, 15) is 0 Å². The van der Waals surface area contributed by atoms with Crippen molar-refractivity contribution < 1.29 is 9.47 Å². The van der Waals surface area contributed by atoms with Crippen molar-refractivity contribution in [1.29, 1.82) is 0 Å². The average Bonchev–Trinajstić information content (AvgIpc) is 3.08. The SMILES string of the molecule is c1ccc2c3c(ccc2c1)COc1ccc2ccccc2c1-c1c(ccc2ccccc12)OCc1ccc2ccccc2c1-3. The Morgan fingerprint density at radius 1 is 0.295 bits per heavy atom. The number of hydrogen-bond acceptors (Lipinski definition) is 2. The third-order valence-corrected chi connectivity index (χ3v) is 9.08. The molecule has 0 aliphatic carbocycles. The minimum absolute atomic E-state index is 0.440. The average molecular weight is 565 g/mol. The van der Waals surface area contributed by atoms with Gasteiger partial charge in [0.25, 0.3) is 0 Å². The molecule has 0 saturated heterocycles. The second kappa shape index (κ2) is 10.00. The second-order valence-electron chi connectivity index (χ2n) is 11.5. The highest BCUT2D eigenvalue weighted by Crippen LogP contribution is 2.47. The van der Waals surface area contributed by atoms with Gasteiger partial charge >= 0.3 is 0 Å². The third-order valence-electron chi connectivity index (χ3n) is 9.08. The van der Waals surface area contributed by atoms with Gasteiger partial charge in [0.05, 0.1) is 0 Å². The standard InChI is InChI=1S/C42H28O2/c1-5-13-33-27(9-1)17-19-31-25-43-37-23-21-29-11-3-7-15-35(29)41(37)42-36-16-8-4-12-30(36)22-24-38(42)44-26-32-20-18-28-10-2-6-14-34(28)40(32)39(31)33/h1-24H,25-26H2. The van der Waals surface area contributed by atoms with Crippen LogP contribution < -0.4 is 9.47 Å². The van der Waals surface area contributed by atoms with Crippen LogP contribution in [0.1, 0.15) is 11.1 Å². The molecule has 1 aliphatic heterocycles. The van der Waals surface area contributed by atoms with Crippen molar-refractivity contribution in [2.75, 3.05) is 0 Å². The topological polar surface area (TPSA) is 18.5 Å². The highest BCUT2D eigenvalue weighted by molar-refractivity contribution is 6.10. The summed E-state index contributed by atoms with van der Waals surface area (Å²) in [6.07, 6.45) is 0. The smallest absolute Gasteiger partial charge is 0.128 e. The van der Waals surface area contributed by atoms with Crippen LogP contribution in [0.5, 0.6) is 11.5 Å². The van der Waals surface area contributed by atoms with Gasteiger partial charge in [-0.3, -0.25) is 0 Å². The number of ether oxygens (including phenoxy) is 2. The number of benzene rings is 8. The highest BCUT2D eigenvalue weighted by Gasteiger charge is 2.23. The maximum atomic E-state index is 6.92. The molecule has 0 unspecified atom stereocenters. The van der Waals surface area contributed by atoms with Gasteiger partial charge in [-0.15, -0.1) is 0 Å². The number of fused-ring (bicyclic) bond motifs is 14. The van der Waals surface area contributed by atoms with Crippen LogP contribution in [0.4, 0.5) is 0 Å². The third kappa shape index (κ3) is 3.88. The van der Waals surface area contributed by atoms with E-state index < -0.39 is 0 Å². The molecule has 0 N–H and O–H groups in total. The van der Waals surface area contributed by atoms with Crippen molar-refractivity contribution in [3.05, 3.63) is 157 Å². The Labute approximate surface area is 255 Å². The number of hydrogen-bond donors (Lipinski definition) is 0. The van der Waals surface area contributed by atoms with Crippen molar-refractivity contribution in [2.45, 2.75) is 13.2 Å². The van der Waals surface area contributed by atoms with Gasteiger partial charge in [0.1, 0.15) is 24.7 Å². The van der Waals surface area contributed by atoms with Gasteiger partial charge in [-0.1, -0.05) is 133 Å². The Balaban J connectivity index is 1.39. The Hall–Kier alpha value is -5.60. The van der Waals surface area contributed by atoms with Crippen molar-refractivity contribution in [3.63, 3.8) is 0 Å². The lowest BCUT2D eigenvalue weighted by Gasteiger charge is -2.24. The monoisotopic (exact) mass is 564 g/mol. The van der Waals surface area contributed by atoms with Gasteiger partial charge in [-0.05, 0) is 77.5 Å². The lowest BCUT2D eigenvalue weighted by molar-refractivity contribution is 0.302. The first-order valence-electron chi connectivity index (χ1n) is 15.1. The molecule has 9 rings (SSSR count). The van der Waals surface area contributed by atoms with Crippen LogP contribution >= 0.6 is 0 Å². The Morgan fingerprint density at radius 2 is 0.614 bits per heavy atom. The van der Waals surface area contributed by atoms with E-state index in [1.54, 1.807) is 0 Å². The van der Waals surface area contributed by atoms with Crippen molar-refractivity contribution in [3.8, 4) is 33.8 Å². The highest BCUT2D eigenvalue weighted by atomic mass is 16.5. The molecule has 0 spiro atoms.